The number of anilines is 1. The SMILES string of the molecule is Cc1ccccc1C(=O)N/C(=C\c1cccs1)C(=O)NCc1ccc(N2CCN(C)CC2)cc1. The van der Waals surface area contributed by atoms with Crippen LogP contribution in [0.3, 0.4) is 0 Å². The molecule has 0 unspecified atom stereocenters. The third kappa shape index (κ3) is 6.12. The lowest BCUT2D eigenvalue weighted by Gasteiger charge is -2.34. The average Bonchev–Trinajstić information content (AvgIpc) is 3.36. The monoisotopic (exact) mass is 474 g/mol. The molecule has 1 aliphatic rings. The van der Waals surface area contributed by atoms with Gasteiger partial charge in [-0.15, -0.1) is 11.3 Å². The van der Waals surface area contributed by atoms with Crippen molar-refractivity contribution in [3.63, 3.8) is 0 Å². The molecule has 0 saturated carbocycles. The summed E-state index contributed by atoms with van der Waals surface area (Å²) in [5.41, 5.74) is 3.84. The van der Waals surface area contributed by atoms with Gasteiger partial charge >= 0.3 is 0 Å². The zero-order valence-electron chi connectivity index (χ0n) is 19.6. The fourth-order valence-electron chi connectivity index (χ4n) is 3.86. The second-order valence-corrected chi connectivity index (χ2v) is 9.46. The van der Waals surface area contributed by atoms with Crippen LogP contribution in [0.25, 0.3) is 6.08 Å². The van der Waals surface area contributed by atoms with Crippen LogP contribution in [0.2, 0.25) is 0 Å². The van der Waals surface area contributed by atoms with Gasteiger partial charge in [0.05, 0.1) is 0 Å². The van der Waals surface area contributed by atoms with Gasteiger partial charge in [-0.05, 0) is 60.8 Å². The van der Waals surface area contributed by atoms with E-state index in [2.05, 4.69) is 39.6 Å². The van der Waals surface area contributed by atoms with Crippen LogP contribution < -0.4 is 15.5 Å². The van der Waals surface area contributed by atoms with Gasteiger partial charge in [0.1, 0.15) is 5.70 Å². The molecule has 2 amide bonds. The van der Waals surface area contributed by atoms with Crippen LogP contribution in [0.15, 0.2) is 71.7 Å². The zero-order valence-corrected chi connectivity index (χ0v) is 20.4. The van der Waals surface area contributed by atoms with E-state index in [1.165, 1.54) is 17.0 Å². The summed E-state index contributed by atoms with van der Waals surface area (Å²) in [6.45, 7) is 6.41. The Morgan fingerprint density at radius 1 is 0.971 bits per heavy atom. The van der Waals surface area contributed by atoms with Crippen molar-refractivity contribution in [3.8, 4) is 0 Å². The van der Waals surface area contributed by atoms with Gasteiger partial charge in [-0.2, -0.15) is 0 Å². The van der Waals surface area contributed by atoms with Crippen molar-refractivity contribution < 1.29 is 9.59 Å². The molecule has 1 aromatic heterocycles. The number of likely N-dealkylation sites (N-methyl/N-ethyl adjacent to an activating group) is 1. The quantitative estimate of drug-likeness (QED) is 0.510. The number of thiophene rings is 1. The lowest BCUT2D eigenvalue weighted by atomic mass is 10.1. The van der Waals surface area contributed by atoms with Gasteiger partial charge in [-0.1, -0.05) is 36.4 Å². The van der Waals surface area contributed by atoms with Gasteiger partial charge in [0.25, 0.3) is 11.8 Å². The number of hydrogen-bond donors (Lipinski definition) is 2. The normalized spacial score (nSPS) is 14.6. The van der Waals surface area contributed by atoms with E-state index in [-0.39, 0.29) is 17.5 Å². The fourth-order valence-corrected chi connectivity index (χ4v) is 4.52. The molecule has 2 N–H and O–H groups in total. The van der Waals surface area contributed by atoms with E-state index in [0.717, 1.165) is 42.2 Å². The number of aryl methyl sites for hydroxylation is 1. The minimum Gasteiger partial charge on any atom is -0.369 e. The molecule has 4 rings (SSSR count). The molecular formula is C27H30N4O2S. The summed E-state index contributed by atoms with van der Waals surface area (Å²) in [6.07, 6.45) is 1.71. The third-order valence-electron chi connectivity index (χ3n) is 5.97. The number of carbonyl (C=O) groups excluding carboxylic acids is 2. The number of piperazine rings is 1. The Morgan fingerprint density at radius 2 is 1.71 bits per heavy atom. The molecule has 2 heterocycles. The molecule has 2 aromatic carbocycles. The minimum atomic E-state index is -0.321. The number of hydrogen-bond acceptors (Lipinski definition) is 5. The number of benzene rings is 2. The molecule has 1 fully saturated rings. The van der Waals surface area contributed by atoms with Crippen LogP contribution in [-0.2, 0) is 11.3 Å². The fraction of sp³-hybridized carbons (Fsp3) is 0.259. The van der Waals surface area contributed by atoms with Gasteiger partial charge in [0.15, 0.2) is 0 Å². The van der Waals surface area contributed by atoms with Crippen LogP contribution in [0, 0.1) is 6.92 Å². The van der Waals surface area contributed by atoms with Gasteiger partial charge < -0.3 is 20.4 Å². The molecule has 34 heavy (non-hydrogen) atoms. The highest BCUT2D eigenvalue weighted by Crippen LogP contribution is 2.18. The minimum absolute atomic E-state index is 0.227. The summed E-state index contributed by atoms with van der Waals surface area (Å²) in [4.78, 5) is 31.5. The predicted octanol–water partition coefficient (Wildman–Crippen LogP) is 3.90. The lowest BCUT2D eigenvalue weighted by Crippen LogP contribution is -2.44. The first-order valence-electron chi connectivity index (χ1n) is 11.4. The van der Waals surface area contributed by atoms with E-state index in [1.807, 2.05) is 54.8 Å². The second kappa shape index (κ2) is 11.1. The Morgan fingerprint density at radius 3 is 2.38 bits per heavy atom. The molecule has 6 nitrogen and oxygen atoms in total. The van der Waals surface area contributed by atoms with Crippen LogP contribution in [0.5, 0.6) is 0 Å². The molecule has 3 aromatic rings. The van der Waals surface area contributed by atoms with Crippen LogP contribution in [-0.4, -0.2) is 49.9 Å². The molecule has 0 atom stereocenters. The lowest BCUT2D eigenvalue weighted by molar-refractivity contribution is -0.117. The molecular weight excluding hydrogens is 444 g/mol. The highest BCUT2D eigenvalue weighted by atomic mass is 32.1. The molecule has 1 aliphatic heterocycles. The largest absolute Gasteiger partial charge is 0.369 e. The second-order valence-electron chi connectivity index (χ2n) is 8.48. The van der Waals surface area contributed by atoms with Gasteiger partial charge in [0, 0.05) is 48.9 Å². The van der Waals surface area contributed by atoms with E-state index < -0.39 is 0 Å². The summed E-state index contributed by atoms with van der Waals surface area (Å²) >= 11 is 1.51. The summed E-state index contributed by atoms with van der Waals surface area (Å²) in [6, 6.07) is 19.5. The van der Waals surface area contributed by atoms with Crippen LogP contribution >= 0.6 is 11.3 Å². The summed E-state index contributed by atoms with van der Waals surface area (Å²) < 4.78 is 0. The Labute approximate surface area is 204 Å². The van der Waals surface area contributed by atoms with Crippen molar-refractivity contribution in [1.29, 1.82) is 0 Å². The highest BCUT2D eigenvalue weighted by Gasteiger charge is 2.17. The summed E-state index contributed by atoms with van der Waals surface area (Å²) in [7, 11) is 2.15. The summed E-state index contributed by atoms with van der Waals surface area (Å²) in [5.74, 6) is -0.619. The van der Waals surface area contributed by atoms with Crippen molar-refractivity contribution in [2.45, 2.75) is 13.5 Å². The first-order chi connectivity index (χ1) is 16.5. The molecule has 176 valence electrons. The van der Waals surface area contributed by atoms with E-state index in [4.69, 9.17) is 0 Å². The highest BCUT2D eigenvalue weighted by molar-refractivity contribution is 7.10. The van der Waals surface area contributed by atoms with Crippen molar-refractivity contribution in [2.24, 2.45) is 0 Å². The maximum absolute atomic E-state index is 13.0. The number of nitrogens with one attached hydrogen (secondary N) is 2. The molecule has 7 heteroatoms. The third-order valence-corrected chi connectivity index (χ3v) is 6.79. The molecule has 0 bridgehead atoms. The predicted molar refractivity (Wildman–Crippen MR) is 139 cm³/mol. The average molecular weight is 475 g/mol. The van der Waals surface area contributed by atoms with E-state index in [9.17, 15) is 9.59 Å². The Hall–Kier alpha value is -3.42. The smallest absolute Gasteiger partial charge is 0.268 e. The van der Waals surface area contributed by atoms with Crippen molar-refractivity contribution in [3.05, 3.63) is 93.3 Å². The number of rotatable bonds is 7. The Balaban J connectivity index is 1.41. The first-order valence-corrected chi connectivity index (χ1v) is 12.3. The zero-order chi connectivity index (χ0) is 23.9. The van der Waals surface area contributed by atoms with Gasteiger partial charge in [0.2, 0.25) is 0 Å². The maximum atomic E-state index is 13.0. The Bertz CT molecular complexity index is 1150. The number of carbonyl (C=O) groups is 2. The van der Waals surface area contributed by atoms with E-state index >= 15 is 0 Å². The van der Waals surface area contributed by atoms with Crippen molar-refractivity contribution in [2.75, 3.05) is 38.1 Å². The Kier molecular flexibility index (Phi) is 7.77. The van der Waals surface area contributed by atoms with E-state index in [1.54, 1.807) is 12.1 Å². The molecule has 0 radical (unpaired) electrons. The summed E-state index contributed by atoms with van der Waals surface area (Å²) in [5, 5.41) is 7.70. The molecule has 1 saturated heterocycles. The van der Waals surface area contributed by atoms with E-state index in [0.29, 0.717) is 12.1 Å². The van der Waals surface area contributed by atoms with Crippen molar-refractivity contribution in [1.82, 2.24) is 15.5 Å². The molecule has 0 spiro atoms. The van der Waals surface area contributed by atoms with Crippen LogP contribution in [0.4, 0.5) is 5.69 Å². The molecule has 0 aliphatic carbocycles. The standard InChI is InChI=1S/C27H30N4O2S/c1-20-6-3-4-8-24(20)26(32)29-25(18-23-7-5-17-34-23)27(33)28-19-21-9-11-22(12-10-21)31-15-13-30(2)14-16-31/h3-12,17-18H,13-16,19H2,1-2H3,(H,28,33)(H,29,32)/b25-18-. The van der Waals surface area contributed by atoms with Crippen LogP contribution in [0.1, 0.15) is 26.4 Å². The van der Waals surface area contributed by atoms with Gasteiger partial charge in [-0.3, -0.25) is 9.59 Å². The number of nitrogens with zero attached hydrogens (tertiary/aromatic N) is 2. The first kappa shape index (κ1) is 23.7. The maximum Gasteiger partial charge on any atom is 0.268 e. The topological polar surface area (TPSA) is 64.7 Å². The van der Waals surface area contributed by atoms with Crippen molar-refractivity contribution >= 4 is 34.9 Å². The number of amides is 2. The van der Waals surface area contributed by atoms with Gasteiger partial charge in [-0.25, -0.2) is 0 Å².